The van der Waals surface area contributed by atoms with Crippen molar-refractivity contribution in [2.45, 2.75) is 37.8 Å². The lowest BCUT2D eigenvalue weighted by Crippen LogP contribution is -2.47. The first kappa shape index (κ1) is 18.8. The number of aliphatic hydroxyl groups excluding tert-OH is 3. The number of ether oxygens (including phenoxy) is 2. The van der Waals surface area contributed by atoms with Crippen molar-refractivity contribution < 1.29 is 24.8 Å². The summed E-state index contributed by atoms with van der Waals surface area (Å²) in [6.45, 7) is 7.14. The number of benzene rings is 2. The Labute approximate surface area is 164 Å². The van der Waals surface area contributed by atoms with Crippen molar-refractivity contribution >= 4 is 5.69 Å². The van der Waals surface area contributed by atoms with Gasteiger partial charge in [0.2, 0.25) is 0 Å². The van der Waals surface area contributed by atoms with Crippen molar-refractivity contribution in [2.75, 3.05) is 18.5 Å². The summed E-state index contributed by atoms with van der Waals surface area (Å²) in [6, 6.07) is 11.9. The topological polar surface area (TPSA) is 91.2 Å². The molecule has 1 fully saturated rings. The highest BCUT2D eigenvalue weighted by Crippen LogP contribution is 2.35. The highest BCUT2D eigenvalue weighted by Gasteiger charge is 2.41. The molecule has 2 heterocycles. The molecule has 4 N–H and O–H groups in total. The van der Waals surface area contributed by atoms with Crippen LogP contribution in [0.5, 0.6) is 5.75 Å². The number of nitrogens with one attached hydrogen (secondary N) is 1. The van der Waals surface area contributed by atoms with Crippen LogP contribution < -0.4 is 10.1 Å². The second-order valence-electron chi connectivity index (χ2n) is 7.40. The van der Waals surface area contributed by atoms with Gasteiger partial charge in [-0.15, -0.1) is 0 Å². The van der Waals surface area contributed by atoms with Crippen LogP contribution in [0.4, 0.5) is 5.69 Å². The quantitative estimate of drug-likeness (QED) is 0.649. The molecule has 1 saturated heterocycles. The zero-order chi connectivity index (χ0) is 19.8. The zero-order valence-electron chi connectivity index (χ0n) is 15.8. The SMILES string of the molecule is C=C1O[C@@H](c2ccc(C)c(Cc3ccc4c(c3)NCCO4)c2)[C@H](O)[C@@H](O)[C@@H]1O. The summed E-state index contributed by atoms with van der Waals surface area (Å²) in [6.07, 6.45) is -3.92. The molecule has 2 aliphatic rings. The van der Waals surface area contributed by atoms with E-state index in [2.05, 4.69) is 18.0 Å². The number of hydrogen-bond donors (Lipinski definition) is 4. The number of aryl methyl sites for hydroxylation is 1. The van der Waals surface area contributed by atoms with E-state index in [0.717, 1.165) is 40.2 Å². The van der Waals surface area contributed by atoms with Gasteiger partial charge < -0.3 is 30.1 Å². The number of anilines is 1. The van der Waals surface area contributed by atoms with Crippen LogP contribution in [-0.2, 0) is 11.2 Å². The fraction of sp³-hybridized carbons (Fsp3) is 0.364. The maximum absolute atomic E-state index is 10.4. The first-order valence-electron chi connectivity index (χ1n) is 9.42. The first-order valence-corrected chi connectivity index (χ1v) is 9.42. The molecule has 4 atom stereocenters. The van der Waals surface area contributed by atoms with E-state index in [-0.39, 0.29) is 5.76 Å². The molecule has 6 nitrogen and oxygen atoms in total. The zero-order valence-corrected chi connectivity index (χ0v) is 15.8. The highest BCUT2D eigenvalue weighted by atomic mass is 16.5. The van der Waals surface area contributed by atoms with Crippen molar-refractivity contribution in [3.8, 4) is 5.75 Å². The molecule has 28 heavy (non-hydrogen) atoms. The van der Waals surface area contributed by atoms with Gasteiger partial charge in [-0.1, -0.05) is 30.8 Å². The normalized spacial score (nSPS) is 26.6. The van der Waals surface area contributed by atoms with Gasteiger partial charge in [0.05, 0.1) is 5.69 Å². The van der Waals surface area contributed by atoms with Crippen LogP contribution in [-0.4, -0.2) is 46.8 Å². The predicted octanol–water partition coefficient (Wildman–Crippen LogP) is 2.06. The van der Waals surface area contributed by atoms with E-state index in [1.54, 1.807) is 0 Å². The van der Waals surface area contributed by atoms with Gasteiger partial charge in [-0.05, 0) is 47.7 Å². The molecule has 148 valence electrons. The van der Waals surface area contributed by atoms with E-state index in [1.165, 1.54) is 0 Å². The molecule has 0 amide bonds. The van der Waals surface area contributed by atoms with Crippen LogP contribution >= 0.6 is 0 Å². The third-order valence-corrected chi connectivity index (χ3v) is 5.41. The smallest absolute Gasteiger partial charge is 0.152 e. The van der Waals surface area contributed by atoms with E-state index in [9.17, 15) is 15.3 Å². The molecular formula is C22H25NO5. The average molecular weight is 383 g/mol. The number of aliphatic hydroxyl groups is 3. The molecule has 0 unspecified atom stereocenters. The largest absolute Gasteiger partial charge is 0.490 e. The molecule has 0 aliphatic carbocycles. The summed E-state index contributed by atoms with van der Waals surface area (Å²) in [5, 5.41) is 33.6. The second-order valence-corrected chi connectivity index (χ2v) is 7.40. The maximum Gasteiger partial charge on any atom is 0.152 e. The highest BCUT2D eigenvalue weighted by molar-refractivity contribution is 5.59. The minimum Gasteiger partial charge on any atom is -0.490 e. The molecule has 6 heteroatoms. The van der Waals surface area contributed by atoms with E-state index in [4.69, 9.17) is 9.47 Å². The lowest BCUT2D eigenvalue weighted by molar-refractivity contribution is -0.157. The van der Waals surface area contributed by atoms with Crippen molar-refractivity contribution in [3.05, 3.63) is 71.0 Å². The van der Waals surface area contributed by atoms with E-state index in [1.807, 2.05) is 37.3 Å². The van der Waals surface area contributed by atoms with Gasteiger partial charge in [0.1, 0.15) is 36.4 Å². The summed E-state index contributed by atoms with van der Waals surface area (Å²) >= 11 is 0. The second kappa shape index (κ2) is 7.47. The summed E-state index contributed by atoms with van der Waals surface area (Å²) < 4.78 is 11.2. The third kappa shape index (κ3) is 3.46. The van der Waals surface area contributed by atoms with Crippen LogP contribution in [0.25, 0.3) is 0 Å². The lowest BCUT2D eigenvalue weighted by atomic mass is 9.90. The Morgan fingerprint density at radius 3 is 2.75 bits per heavy atom. The van der Waals surface area contributed by atoms with Gasteiger partial charge in [0, 0.05) is 6.54 Å². The Balaban J connectivity index is 1.60. The summed E-state index contributed by atoms with van der Waals surface area (Å²) in [4.78, 5) is 0. The van der Waals surface area contributed by atoms with Crippen LogP contribution in [0.3, 0.4) is 0 Å². The van der Waals surface area contributed by atoms with Crippen LogP contribution in [0.15, 0.2) is 48.7 Å². The molecule has 4 rings (SSSR count). The van der Waals surface area contributed by atoms with E-state index in [0.29, 0.717) is 13.0 Å². The van der Waals surface area contributed by atoms with Gasteiger partial charge in [-0.3, -0.25) is 0 Å². The molecule has 2 aliphatic heterocycles. The van der Waals surface area contributed by atoms with Gasteiger partial charge in [0.25, 0.3) is 0 Å². The van der Waals surface area contributed by atoms with Crippen molar-refractivity contribution in [1.29, 1.82) is 0 Å². The molecular weight excluding hydrogens is 358 g/mol. The minimum atomic E-state index is -1.33. The van der Waals surface area contributed by atoms with Gasteiger partial charge in [-0.25, -0.2) is 0 Å². The fourth-order valence-electron chi connectivity index (χ4n) is 3.70. The van der Waals surface area contributed by atoms with Crippen molar-refractivity contribution in [2.24, 2.45) is 0 Å². The summed E-state index contributed by atoms with van der Waals surface area (Å²) in [7, 11) is 0. The Kier molecular flexibility index (Phi) is 5.02. The Morgan fingerprint density at radius 1 is 1.11 bits per heavy atom. The molecule has 2 aromatic carbocycles. The summed E-state index contributed by atoms with van der Waals surface area (Å²) in [5.41, 5.74) is 5.09. The first-order chi connectivity index (χ1) is 13.4. The predicted molar refractivity (Wildman–Crippen MR) is 105 cm³/mol. The standard InChI is InChI=1S/C22H25NO5/c1-12-3-5-15(22-21(26)20(25)19(24)13(2)28-22)11-16(12)9-14-4-6-18-17(10-14)23-7-8-27-18/h3-6,10-11,19-26H,2,7-9H2,1H3/t19-,20+,21-,22+/m1/s1. The minimum absolute atomic E-state index is 0.0608. The Hall–Kier alpha value is -2.54. The van der Waals surface area contributed by atoms with Crippen molar-refractivity contribution in [3.63, 3.8) is 0 Å². The van der Waals surface area contributed by atoms with Gasteiger partial charge >= 0.3 is 0 Å². The number of fused-ring (bicyclic) bond motifs is 1. The molecule has 0 aromatic heterocycles. The maximum atomic E-state index is 10.4. The average Bonchev–Trinajstić information content (AvgIpc) is 2.71. The number of rotatable bonds is 3. The lowest BCUT2D eigenvalue weighted by Gasteiger charge is -2.37. The number of hydrogen-bond acceptors (Lipinski definition) is 6. The van der Waals surface area contributed by atoms with Crippen LogP contribution in [0.1, 0.15) is 28.4 Å². The molecule has 0 saturated carbocycles. The van der Waals surface area contributed by atoms with Crippen LogP contribution in [0, 0.1) is 6.92 Å². The Bertz CT molecular complexity index is 896. The Morgan fingerprint density at radius 2 is 1.93 bits per heavy atom. The van der Waals surface area contributed by atoms with E-state index < -0.39 is 24.4 Å². The van der Waals surface area contributed by atoms with Crippen LogP contribution in [0.2, 0.25) is 0 Å². The molecule has 0 spiro atoms. The molecule has 2 aromatic rings. The van der Waals surface area contributed by atoms with Gasteiger partial charge in [0.15, 0.2) is 6.10 Å². The fourth-order valence-corrected chi connectivity index (χ4v) is 3.70. The molecule has 0 bridgehead atoms. The third-order valence-electron chi connectivity index (χ3n) is 5.41. The van der Waals surface area contributed by atoms with Gasteiger partial charge in [-0.2, -0.15) is 0 Å². The van der Waals surface area contributed by atoms with E-state index >= 15 is 0 Å². The summed E-state index contributed by atoms with van der Waals surface area (Å²) in [5.74, 6) is 0.927. The molecule has 0 radical (unpaired) electrons. The van der Waals surface area contributed by atoms with Crippen molar-refractivity contribution in [1.82, 2.24) is 0 Å². The monoisotopic (exact) mass is 383 g/mol.